The highest BCUT2D eigenvalue weighted by Crippen LogP contribution is 2.41. The Hall–Kier alpha value is -1.06. The van der Waals surface area contributed by atoms with Crippen molar-refractivity contribution in [1.82, 2.24) is 5.32 Å². The quantitative estimate of drug-likeness (QED) is 0.805. The van der Waals surface area contributed by atoms with Gasteiger partial charge >= 0.3 is 5.97 Å². The lowest BCUT2D eigenvalue weighted by Gasteiger charge is -2.28. The monoisotopic (exact) mass is 253 g/mol. The second-order valence-electron chi connectivity index (χ2n) is 6.61. The molecule has 2 fully saturated rings. The van der Waals surface area contributed by atoms with Gasteiger partial charge in [0.15, 0.2) is 0 Å². The van der Waals surface area contributed by atoms with Crippen molar-refractivity contribution in [3.05, 3.63) is 0 Å². The number of carboxylic acids is 1. The molecule has 0 heterocycles. The van der Waals surface area contributed by atoms with Crippen molar-refractivity contribution < 1.29 is 14.7 Å². The molecule has 4 heteroatoms. The largest absolute Gasteiger partial charge is 0.481 e. The lowest BCUT2D eigenvalue weighted by Crippen LogP contribution is -2.48. The Bertz CT molecular complexity index is 360. The Morgan fingerprint density at radius 2 is 1.72 bits per heavy atom. The number of hydrogen-bond donors (Lipinski definition) is 2. The van der Waals surface area contributed by atoms with Gasteiger partial charge in [-0.05, 0) is 51.4 Å². The van der Waals surface area contributed by atoms with Crippen LogP contribution in [-0.4, -0.2) is 22.5 Å². The minimum Gasteiger partial charge on any atom is -0.481 e. The summed E-state index contributed by atoms with van der Waals surface area (Å²) in [5.41, 5.74) is -0.189. The van der Waals surface area contributed by atoms with Crippen molar-refractivity contribution >= 4 is 11.9 Å². The van der Waals surface area contributed by atoms with E-state index in [4.69, 9.17) is 0 Å². The number of carbonyl (C=O) groups excluding carboxylic acids is 1. The normalized spacial score (nSPS) is 32.3. The molecule has 18 heavy (non-hydrogen) atoms. The van der Waals surface area contributed by atoms with Gasteiger partial charge in [0.2, 0.25) is 5.91 Å². The zero-order valence-electron chi connectivity index (χ0n) is 11.4. The molecule has 0 spiro atoms. The van der Waals surface area contributed by atoms with E-state index < -0.39 is 11.9 Å². The molecular weight excluding hydrogens is 230 g/mol. The highest BCUT2D eigenvalue weighted by atomic mass is 16.4. The molecule has 0 bridgehead atoms. The van der Waals surface area contributed by atoms with Crippen LogP contribution in [0.4, 0.5) is 0 Å². The first-order chi connectivity index (χ1) is 8.31. The molecule has 1 amide bonds. The number of rotatable bonds is 4. The molecule has 3 atom stereocenters. The SMILES string of the molecule is CC1CC(C(=O)O)C(C(=O)NC(C)(C)C2CC2)C1. The molecule has 4 nitrogen and oxygen atoms in total. The molecule has 0 saturated heterocycles. The van der Waals surface area contributed by atoms with E-state index in [2.05, 4.69) is 5.32 Å². The minimum absolute atomic E-state index is 0.0661. The van der Waals surface area contributed by atoms with E-state index >= 15 is 0 Å². The second-order valence-corrected chi connectivity index (χ2v) is 6.61. The summed E-state index contributed by atoms with van der Waals surface area (Å²) in [6, 6.07) is 0. The lowest BCUT2D eigenvalue weighted by molar-refractivity contribution is -0.146. The van der Waals surface area contributed by atoms with E-state index in [0.29, 0.717) is 24.7 Å². The van der Waals surface area contributed by atoms with Gasteiger partial charge in [-0.25, -0.2) is 0 Å². The topological polar surface area (TPSA) is 66.4 Å². The van der Waals surface area contributed by atoms with Crippen LogP contribution in [0.15, 0.2) is 0 Å². The molecule has 0 aromatic heterocycles. The molecule has 0 aromatic carbocycles. The van der Waals surface area contributed by atoms with Gasteiger partial charge in [-0.2, -0.15) is 0 Å². The van der Waals surface area contributed by atoms with Crippen molar-refractivity contribution in [2.75, 3.05) is 0 Å². The van der Waals surface area contributed by atoms with Gasteiger partial charge in [-0.3, -0.25) is 9.59 Å². The molecule has 2 N–H and O–H groups in total. The molecule has 2 rings (SSSR count). The summed E-state index contributed by atoms with van der Waals surface area (Å²) in [5, 5.41) is 12.3. The molecule has 2 saturated carbocycles. The van der Waals surface area contributed by atoms with Crippen LogP contribution in [0.2, 0.25) is 0 Å². The Balaban J connectivity index is 2.01. The Morgan fingerprint density at radius 3 is 2.22 bits per heavy atom. The number of nitrogens with one attached hydrogen (secondary N) is 1. The molecular formula is C14H23NO3. The summed E-state index contributed by atoms with van der Waals surface area (Å²) >= 11 is 0. The molecule has 102 valence electrons. The van der Waals surface area contributed by atoms with Crippen LogP contribution in [0.3, 0.4) is 0 Å². The number of carboxylic acid groups (broad SMARTS) is 1. The van der Waals surface area contributed by atoms with E-state index in [0.717, 1.165) is 12.8 Å². The zero-order chi connectivity index (χ0) is 13.5. The minimum atomic E-state index is -0.830. The first kappa shape index (κ1) is 13.4. The Kier molecular flexibility index (Phi) is 3.39. The third-order valence-electron chi connectivity index (χ3n) is 4.50. The van der Waals surface area contributed by atoms with Gasteiger partial charge in [-0.1, -0.05) is 6.92 Å². The molecule has 2 aliphatic carbocycles. The van der Waals surface area contributed by atoms with Crippen molar-refractivity contribution in [3.63, 3.8) is 0 Å². The van der Waals surface area contributed by atoms with E-state index in [1.165, 1.54) is 0 Å². The van der Waals surface area contributed by atoms with Crippen LogP contribution in [-0.2, 0) is 9.59 Å². The van der Waals surface area contributed by atoms with Crippen LogP contribution in [0, 0.1) is 23.7 Å². The highest BCUT2D eigenvalue weighted by molar-refractivity contribution is 5.85. The van der Waals surface area contributed by atoms with Crippen LogP contribution in [0.5, 0.6) is 0 Å². The standard InChI is InChI=1S/C14H23NO3/c1-8-6-10(11(7-8)13(17)18)12(16)15-14(2,3)9-4-5-9/h8-11H,4-7H2,1-3H3,(H,15,16)(H,17,18). The maximum absolute atomic E-state index is 12.3. The average molecular weight is 253 g/mol. The van der Waals surface area contributed by atoms with E-state index in [1.807, 2.05) is 20.8 Å². The van der Waals surface area contributed by atoms with Gasteiger partial charge in [0.05, 0.1) is 11.8 Å². The second kappa shape index (κ2) is 4.56. The molecule has 3 unspecified atom stereocenters. The summed E-state index contributed by atoms with van der Waals surface area (Å²) < 4.78 is 0. The predicted octanol–water partition coefficient (Wildman–Crippen LogP) is 2.04. The number of aliphatic carboxylic acids is 1. The third-order valence-corrected chi connectivity index (χ3v) is 4.50. The number of amides is 1. The summed E-state index contributed by atoms with van der Waals surface area (Å²) in [5.74, 6) is -0.868. The maximum atomic E-state index is 12.3. The maximum Gasteiger partial charge on any atom is 0.307 e. The zero-order valence-corrected chi connectivity index (χ0v) is 11.4. The summed E-state index contributed by atoms with van der Waals surface area (Å²) in [7, 11) is 0. The van der Waals surface area contributed by atoms with Gasteiger partial charge < -0.3 is 10.4 Å². The number of carbonyl (C=O) groups is 2. The van der Waals surface area contributed by atoms with Crippen LogP contribution < -0.4 is 5.32 Å². The molecule has 0 aliphatic heterocycles. The van der Waals surface area contributed by atoms with Gasteiger partial charge in [0, 0.05) is 5.54 Å². The first-order valence-electron chi connectivity index (χ1n) is 6.86. The third kappa shape index (κ3) is 2.68. The van der Waals surface area contributed by atoms with Crippen molar-refractivity contribution in [2.24, 2.45) is 23.7 Å². The van der Waals surface area contributed by atoms with Gasteiger partial charge in [-0.15, -0.1) is 0 Å². The van der Waals surface area contributed by atoms with Gasteiger partial charge in [0.25, 0.3) is 0 Å². The average Bonchev–Trinajstić information content (AvgIpc) is 3.01. The van der Waals surface area contributed by atoms with E-state index in [9.17, 15) is 14.7 Å². The van der Waals surface area contributed by atoms with E-state index in [1.54, 1.807) is 0 Å². The van der Waals surface area contributed by atoms with Crippen LogP contribution in [0.1, 0.15) is 46.5 Å². The number of hydrogen-bond acceptors (Lipinski definition) is 2. The molecule has 0 radical (unpaired) electrons. The Labute approximate surface area is 108 Å². The van der Waals surface area contributed by atoms with E-state index in [-0.39, 0.29) is 17.4 Å². The van der Waals surface area contributed by atoms with Gasteiger partial charge in [0.1, 0.15) is 0 Å². The fourth-order valence-corrected chi connectivity index (χ4v) is 3.17. The smallest absolute Gasteiger partial charge is 0.307 e. The van der Waals surface area contributed by atoms with Crippen molar-refractivity contribution in [1.29, 1.82) is 0 Å². The summed E-state index contributed by atoms with van der Waals surface area (Å²) in [6.07, 6.45) is 3.65. The van der Waals surface area contributed by atoms with Crippen LogP contribution >= 0.6 is 0 Å². The highest BCUT2D eigenvalue weighted by Gasteiger charge is 2.45. The van der Waals surface area contributed by atoms with Crippen molar-refractivity contribution in [2.45, 2.75) is 52.0 Å². The summed E-state index contributed by atoms with van der Waals surface area (Å²) in [4.78, 5) is 23.5. The summed E-state index contributed by atoms with van der Waals surface area (Å²) in [6.45, 7) is 6.10. The Morgan fingerprint density at radius 1 is 1.17 bits per heavy atom. The van der Waals surface area contributed by atoms with Crippen LogP contribution in [0.25, 0.3) is 0 Å². The molecule has 2 aliphatic rings. The first-order valence-corrected chi connectivity index (χ1v) is 6.86. The predicted molar refractivity (Wildman–Crippen MR) is 68.0 cm³/mol. The fourth-order valence-electron chi connectivity index (χ4n) is 3.17. The fraction of sp³-hybridized carbons (Fsp3) is 0.857. The van der Waals surface area contributed by atoms with Crippen molar-refractivity contribution in [3.8, 4) is 0 Å². The lowest BCUT2D eigenvalue weighted by atomic mass is 9.92. The molecule has 0 aromatic rings.